The third-order valence-electron chi connectivity index (χ3n) is 4.30. The molecule has 0 aliphatic carbocycles. The molecule has 8 heteroatoms. The van der Waals surface area contributed by atoms with E-state index in [1.807, 2.05) is 44.2 Å². The van der Waals surface area contributed by atoms with Gasteiger partial charge in [0.05, 0.1) is 26.8 Å². The van der Waals surface area contributed by atoms with Crippen LogP contribution in [0.5, 0.6) is 0 Å². The fourth-order valence-electron chi connectivity index (χ4n) is 2.97. The lowest BCUT2D eigenvalue weighted by Gasteiger charge is -2.14. The van der Waals surface area contributed by atoms with Gasteiger partial charge in [0, 0.05) is 17.3 Å². The van der Waals surface area contributed by atoms with Crippen molar-refractivity contribution in [2.45, 2.75) is 20.4 Å². The predicted octanol–water partition coefficient (Wildman–Crippen LogP) is 6.00. The lowest BCUT2D eigenvalue weighted by Crippen LogP contribution is -2.11. The zero-order chi connectivity index (χ0) is 19.8. The molecule has 4 rings (SSSR count). The van der Waals surface area contributed by atoms with Crippen molar-refractivity contribution in [3.8, 4) is 5.82 Å². The Bertz CT molecular complexity index is 1190. The third kappa shape index (κ3) is 3.65. The van der Waals surface area contributed by atoms with Gasteiger partial charge in [-0.25, -0.2) is 14.6 Å². The molecule has 0 spiro atoms. The van der Waals surface area contributed by atoms with Crippen LogP contribution in [0.4, 0.5) is 5.82 Å². The molecule has 28 heavy (non-hydrogen) atoms. The normalized spacial score (nSPS) is 11.2. The molecule has 0 atom stereocenters. The number of aryl methyl sites for hydroxylation is 2. The number of hydrogen-bond acceptors (Lipinski definition) is 4. The fraction of sp³-hybridized carbons (Fsp3) is 0.150. The van der Waals surface area contributed by atoms with Crippen molar-refractivity contribution >= 4 is 51.7 Å². The Morgan fingerprint density at radius 3 is 2.21 bits per heavy atom. The Labute approximate surface area is 177 Å². The van der Waals surface area contributed by atoms with E-state index in [0.29, 0.717) is 44.3 Å². The second-order valence-electron chi connectivity index (χ2n) is 6.43. The average Bonchev–Trinajstić information content (AvgIpc) is 2.99. The summed E-state index contributed by atoms with van der Waals surface area (Å²) < 4.78 is 1.76. The molecule has 2 aromatic carbocycles. The lowest BCUT2D eigenvalue weighted by atomic mass is 10.2. The van der Waals surface area contributed by atoms with Crippen LogP contribution in [-0.2, 0) is 6.54 Å². The average molecular weight is 433 g/mol. The van der Waals surface area contributed by atoms with Gasteiger partial charge in [-0.2, -0.15) is 5.10 Å². The standard InChI is InChI=1S/C20H16Cl3N5/c1-11-7-12(2)28(27-11)20-19(24-10-13-5-3-4-6-14(13)21)25-17-8-15(22)16(23)9-18(17)26-20/h3-9H,10H2,1-2H3,(H,24,25). The van der Waals surface area contributed by atoms with Gasteiger partial charge < -0.3 is 5.32 Å². The maximum absolute atomic E-state index is 6.28. The van der Waals surface area contributed by atoms with Crippen molar-refractivity contribution in [1.82, 2.24) is 19.7 Å². The topological polar surface area (TPSA) is 55.6 Å². The number of fused-ring (bicyclic) bond motifs is 1. The maximum Gasteiger partial charge on any atom is 0.197 e. The molecular formula is C20H16Cl3N5. The van der Waals surface area contributed by atoms with Crippen molar-refractivity contribution < 1.29 is 0 Å². The first-order valence-corrected chi connectivity index (χ1v) is 9.73. The highest BCUT2D eigenvalue weighted by Crippen LogP contribution is 2.29. The summed E-state index contributed by atoms with van der Waals surface area (Å²) in [6.07, 6.45) is 0. The molecule has 1 N–H and O–H groups in total. The third-order valence-corrected chi connectivity index (χ3v) is 5.39. The summed E-state index contributed by atoms with van der Waals surface area (Å²) in [6, 6.07) is 13.1. The maximum atomic E-state index is 6.28. The Kier molecular flexibility index (Phi) is 5.15. The first kappa shape index (κ1) is 19.0. The molecule has 2 aromatic heterocycles. The fourth-order valence-corrected chi connectivity index (χ4v) is 3.49. The summed E-state index contributed by atoms with van der Waals surface area (Å²) in [5.74, 6) is 1.17. The number of nitrogens with one attached hydrogen (secondary N) is 1. The van der Waals surface area contributed by atoms with E-state index in [9.17, 15) is 0 Å². The van der Waals surface area contributed by atoms with Crippen LogP contribution in [0, 0.1) is 13.8 Å². The monoisotopic (exact) mass is 431 g/mol. The van der Waals surface area contributed by atoms with Gasteiger partial charge in [0.2, 0.25) is 0 Å². The minimum Gasteiger partial charge on any atom is -0.363 e. The van der Waals surface area contributed by atoms with E-state index in [2.05, 4.69) is 10.4 Å². The Morgan fingerprint density at radius 2 is 1.57 bits per heavy atom. The van der Waals surface area contributed by atoms with Crippen LogP contribution in [-0.4, -0.2) is 19.7 Å². The zero-order valence-electron chi connectivity index (χ0n) is 15.2. The number of nitrogens with zero attached hydrogens (tertiary/aromatic N) is 4. The van der Waals surface area contributed by atoms with Gasteiger partial charge >= 0.3 is 0 Å². The Balaban J connectivity index is 1.84. The van der Waals surface area contributed by atoms with Crippen LogP contribution in [0.15, 0.2) is 42.5 Å². The number of aromatic nitrogens is 4. The predicted molar refractivity (Wildman–Crippen MR) is 115 cm³/mol. The molecule has 0 fully saturated rings. The highest BCUT2D eigenvalue weighted by Gasteiger charge is 2.16. The van der Waals surface area contributed by atoms with E-state index in [0.717, 1.165) is 17.0 Å². The molecule has 2 heterocycles. The van der Waals surface area contributed by atoms with Gasteiger partial charge in [0.15, 0.2) is 11.6 Å². The van der Waals surface area contributed by atoms with E-state index in [-0.39, 0.29) is 0 Å². The molecule has 0 radical (unpaired) electrons. The van der Waals surface area contributed by atoms with E-state index in [1.165, 1.54) is 0 Å². The van der Waals surface area contributed by atoms with Crippen LogP contribution in [0.3, 0.4) is 0 Å². The Hall–Kier alpha value is -2.34. The van der Waals surface area contributed by atoms with Crippen LogP contribution >= 0.6 is 34.8 Å². The van der Waals surface area contributed by atoms with Crippen molar-refractivity contribution in [2.24, 2.45) is 0 Å². The van der Waals surface area contributed by atoms with Crippen molar-refractivity contribution in [1.29, 1.82) is 0 Å². The molecular weight excluding hydrogens is 417 g/mol. The van der Waals surface area contributed by atoms with Crippen molar-refractivity contribution in [3.63, 3.8) is 0 Å². The number of anilines is 1. The van der Waals surface area contributed by atoms with Crippen LogP contribution in [0.25, 0.3) is 16.9 Å². The lowest BCUT2D eigenvalue weighted by molar-refractivity contribution is 0.805. The molecule has 5 nitrogen and oxygen atoms in total. The van der Waals surface area contributed by atoms with E-state index in [1.54, 1.807) is 16.8 Å². The van der Waals surface area contributed by atoms with Gasteiger partial charge in [0.1, 0.15) is 0 Å². The molecule has 0 saturated heterocycles. The summed E-state index contributed by atoms with van der Waals surface area (Å²) >= 11 is 18.6. The SMILES string of the molecule is Cc1cc(C)n(-c2nc3cc(Cl)c(Cl)cc3nc2NCc2ccccc2Cl)n1. The molecule has 4 aromatic rings. The molecule has 0 aliphatic heterocycles. The van der Waals surface area contributed by atoms with Gasteiger partial charge in [-0.15, -0.1) is 0 Å². The Morgan fingerprint density at radius 1 is 0.893 bits per heavy atom. The number of hydrogen-bond donors (Lipinski definition) is 1. The molecule has 0 saturated carbocycles. The zero-order valence-corrected chi connectivity index (χ0v) is 17.4. The molecule has 0 unspecified atom stereocenters. The molecule has 0 aliphatic rings. The van der Waals surface area contributed by atoms with Gasteiger partial charge in [0.25, 0.3) is 0 Å². The summed E-state index contributed by atoms with van der Waals surface area (Å²) in [7, 11) is 0. The second-order valence-corrected chi connectivity index (χ2v) is 7.66. The number of benzene rings is 2. The smallest absolute Gasteiger partial charge is 0.197 e. The number of rotatable bonds is 4. The molecule has 142 valence electrons. The summed E-state index contributed by atoms with van der Waals surface area (Å²) in [5, 5.41) is 9.43. The second kappa shape index (κ2) is 7.59. The van der Waals surface area contributed by atoms with E-state index < -0.39 is 0 Å². The summed E-state index contributed by atoms with van der Waals surface area (Å²) in [4.78, 5) is 9.48. The van der Waals surface area contributed by atoms with Crippen LogP contribution in [0.1, 0.15) is 17.0 Å². The van der Waals surface area contributed by atoms with Gasteiger partial charge in [-0.3, -0.25) is 0 Å². The minimum atomic E-state index is 0.430. The van der Waals surface area contributed by atoms with Gasteiger partial charge in [-0.1, -0.05) is 53.0 Å². The van der Waals surface area contributed by atoms with E-state index >= 15 is 0 Å². The van der Waals surface area contributed by atoms with Crippen LogP contribution < -0.4 is 5.32 Å². The largest absolute Gasteiger partial charge is 0.363 e. The van der Waals surface area contributed by atoms with Crippen molar-refractivity contribution in [3.05, 3.63) is 74.5 Å². The van der Waals surface area contributed by atoms with Crippen LogP contribution in [0.2, 0.25) is 15.1 Å². The highest BCUT2D eigenvalue weighted by molar-refractivity contribution is 6.42. The highest BCUT2D eigenvalue weighted by atomic mass is 35.5. The first-order chi connectivity index (χ1) is 13.4. The minimum absolute atomic E-state index is 0.430. The summed E-state index contributed by atoms with van der Waals surface area (Å²) in [5.41, 5.74) is 4.08. The first-order valence-electron chi connectivity index (χ1n) is 8.60. The number of halogens is 3. The van der Waals surface area contributed by atoms with Crippen molar-refractivity contribution in [2.75, 3.05) is 5.32 Å². The quantitative estimate of drug-likeness (QED) is 0.429. The summed E-state index contributed by atoms with van der Waals surface area (Å²) in [6.45, 7) is 4.40. The van der Waals surface area contributed by atoms with Gasteiger partial charge in [-0.05, 0) is 43.7 Å². The molecule has 0 bridgehead atoms. The molecule has 0 amide bonds. The van der Waals surface area contributed by atoms with E-state index in [4.69, 9.17) is 44.8 Å².